The van der Waals surface area contributed by atoms with Crippen molar-refractivity contribution >= 4 is 23.4 Å². The molecule has 4 heteroatoms. The number of nitrogens with zero attached hydrogens (tertiary/aromatic N) is 2. The van der Waals surface area contributed by atoms with Gasteiger partial charge < -0.3 is 4.74 Å². The largest absolute Gasteiger partial charge is 0.490 e. The lowest BCUT2D eigenvalue weighted by atomic mass is 10.1. The molecule has 0 unspecified atom stereocenters. The van der Waals surface area contributed by atoms with Gasteiger partial charge in [0.2, 0.25) is 0 Å². The first-order chi connectivity index (χ1) is 12.4. The number of anilines is 1. The number of ether oxygens (including phenoxy) is 1. The van der Waals surface area contributed by atoms with Crippen molar-refractivity contribution in [3.8, 4) is 5.75 Å². The average molecular weight is 348 g/mol. The predicted molar refractivity (Wildman–Crippen MR) is 107 cm³/mol. The molecule has 1 amide bonds. The molecule has 0 bridgehead atoms. The van der Waals surface area contributed by atoms with Crippen LogP contribution in [-0.2, 0) is 4.79 Å². The highest BCUT2D eigenvalue weighted by Gasteiger charge is 2.29. The Labute approximate surface area is 154 Å². The third kappa shape index (κ3) is 3.54. The van der Waals surface area contributed by atoms with Gasteiger partial charge in [-0.25, -0.2) is 0 Å². The third-order valence-corrected chi connectivity index (χ3v) is 4.38. The van der Waals surface area contributed by atoms with Crippen LogP contribution in [0.15, 0.2) is 53.1 Å². The summed E-state index contributed by atoms with van der Waals surface area (Å²) in [6, 6.07) is 13.7. The summed E-state index contributed by atoms with van der Waals surface area (Å²) in [6.07, 6.45) is 1.93. The molecule has 134 valence electrons. The number of carbonyl (C=O) groups is 1. The molecule has 2 aromatic rings. The topological polar surface area (TPSA) is 41.9 Å². The molecule has 1 aliphatic rings. The molecule has 4 nitrogen and oxygen atoms in total. The number of hydrogen-bond donors (Lipinski definition) is 0. The minimum atomic E-state index is -0.120. The van der Waals surface area contributed by atoms with E-state index < -0.39 is 0 Å². The Morgan fingerprint density at radius 1 is 1.04 bits per heavy atom. The van der Waals surface area contributed by atoms with Crippen LogP contribution in [0, 0.1) is 13.8 Å². The Morgan fingerprint density at radius 3 is 2.46 bits per heavy atom. The highest BCUT2D eigenvalue weighted by molar-refractivity contribution is 6.32. The lowest BCUT2D eigenvalue weighted by Crippen LogP contribution is -2.21. The maximum atomic E-state index is 13.0. The van der Waals surface area contributed by atoms with E-state index in [4.69, 9.17) is 4.74 Å². The highest BCUT2D eigenvalue weighted by atomic mass is 16.5. The van der Waals surface area contributed by atoms with Gasteiger partial charge in [-0.15, -0.1) is 0 Å². The number of amides is 1. The van der Waals surface area contributed by atoms with Crippen molar-refractivity contribution in [1.29, 1.82) is 0 Å². The van der Waals surface area contributed by atoms with Crippen LogP contribution in [0.2, 0.25) is 0 Å². The lowest BCUT2D eigenvalue weighted by molar-refractivity contribution is -0.114. The van der Waals surface area contributed by atoms with Crippen molar-refractivity contribution < 1.29 is 9.53 Å². The van der Waals surface area contributed by atoms with E-state index in [1.165, 1.54) is 10.6 Å². The van der Waals surface area contributed by atoms with E-state index in [2.05, 4.69) is 12.0 Å². The van der Waals surface area contributed by atoms with E-state index in [0.29, 0.717) is 11.3 Å². The molecule has 0 radical (unpaired) electrons. The summed E-state index contributed by atoms with van der Waals surface area (Å²) in [4.78, 5) is 13.0. The Morgan fingerprint density at radius 2 is 1.77 bits per heavy atom. The smallest absolute Gasteiger partial charge is 0.280 e. The second kappa shape index (κ2) is 7.16. The van der Waals surface area contributed by atoms with Crippen LogP contribution in [0.5, 0.6) is 5.75 Å². The molecular formula is C22H24N2O2. The van der Waals surface area contributed by atoms with Gasteiger partial charge in [0.15, 0.2) is 0 Å². The average Bonchev–Trinajstić information content (AvgIpc) is 2.87. The zero-order chi connectivity index (χ0) is 18.8. The summed E-state index contributed by atoms with van der Waals surface area (Å²) >= 11 is 0. The normalized spacial score (nSPS) is 15.8. The van der Waals surface area contributed by atoms with Crippen LogP contribution in [0.25, 0.3) is 6.08 Å². The number of benzene rings is 2. The van der Waals surface area contributed by atoms with Crippen LogP contribution in [0.4, 0.5) is 5.69 Å². The van der Waals surface area contributed by atoms with Gasteiger partial charge in [-0.2, -0.15) is 10.1 Å². The quantitative estimate of drug-likeness (QED) is 0.738. The monoisotopic (exact) mass is 348 g/mol. The fourth-order valence-electron chi connectivity index (χ4n) is 2.83. The summed E-state index contributed by atoms with van der Waals surface area (Å²) in [5, 5.41) is 5.94. The predicted octanol–water partition coefficient (Wildman–Crippen LogP) is 4.90. The Balaban J connectivity index is 1.96. The van der Waals surface area contributed by atoms with Crippen molar-refractivity contribution in [2.75, 3.05) is 5.01 Å². The van der Waals surface area contributed by atoms with Gasteiger partial charge in [-0.3, -0.25) is 4.79 Å². The number of rotatable bonds is 4. The Bertz CT molecular complexity index is 910. The SMILES string of the molecule is CC1=NN(c2ccc(C)c(C)c2)C(=O)/C1=C/c1ccccc1OC(C)C. The maximum absolute atomic E-state index is 13.0. The van der Waals surface area contributed by atoms with E-state index in [1.54, 1.807) is 0 Å². The zero-order valence-electron chi connectivity index (χ0n) is 15.9. The van der Waals surface area contributed by atoms with Crippen LogP contribution in [0.3, 0.4) is 0 Å². The summed E-state index contributed by atoms with van der Waals surface area (Å²) in [5.74, 6) is 0.644. The van der Waals surface area contributed by atoms with Gasteiger partial charge in [0.25, 0.3) is 5.91 Å². The molecule has 0 aliphatic carbocycles. The zero-order valence-corrected chi connectivity index (χ0v) is 15.9. The van der Waals surface area contributed by atoms with E-state index >= 15 is 0 Å². The second-order valence-electron chi connectivity index (χ2n) is 6.83. The summed E-state index contributed by atoms with van der Waals surface area (Å²) in [6.45, 7) is 9.91. The van der Waals surface area contributed by atoms with Crippen LogP contribution in [0.1, 0.15) is 37.5 Å². The molecule has 0 saturated heterocycles. The van der Waals surface area contributed by atoms with Gasteiger partial charge in [-0.05, 0) is 70.0 Å². The molecule has 1 heterocycles. The van der Waals surface area contributed by atoms with Gasteiger partial charge in [0.05, 0.1) is 23.1 Å². The van der Waals surface area contributed by atoms with Crippen molar-refractivity contribution in [2.45, 2.75) is 40.7 Å². The third-order valence-electron chi connectivity index (χ3n) is 4.38. The van der Waals surface area contributed by atoms with Crippen LogP contribution >= 0.6 is 0 Å². The molecule has 26 heavy (non-hydrogen) atoms. The minimum Gasteiger partial charge on any atom is -0.490 e. The van der Waals surface area contributed by atoms with Gasteiger partial charge in [0.1, 0.15) is 5.75 Å². The van der Waals surface area contributed by atoms with Gasteiger partial charge >= 0.3 is 0 Å². The number of para-hydroxylation sites is 1. The van der Waals surface area contributed by atoms with Crippen LogP contribution < -0.4 is 9.75 Å². The molecular weight excluding hydrogens is 324 g/mol. The summed E-state index contributed by atoms with van der Waals surface area (Å²) in [5.41, 5.74) is 5.28. The molecule has 0 atom stereocenters. The standard InChI is InChI=1S/C22H24N2O2/c1-14(2)26-21-9-7-6-8-18(21)13-20-17(5)23-24(22(20)25)19-11-10-15(3)16(4)12-19/h6-14H,1-5H3/b20-13+. The second-order valence-corrected chi connectivity index (χ2v) is 6.83. The van der Waals surface area contributed by atoms with E-state index in [-0.39, 0.29) is 12.0 Å². The minimum absolute atomic E-state index is 0.0654. The molecule has 0 N–H and O–H groups in total. The number of carbonyl (C=O) groups excluding carboxylic acids is 1. The van der Waals surface area contributed by atoms with Gasteiger partial charge in [-0.1, -0.05) is 24.3 Å². The van der Waals surface area contributed by atoms with Crippen molar-refractivity contribution in [2.24, 2.45) is 5.10 Å². The maximum Gasteiger partial charge on any atom is 0.280 e. The first-order valence-corrected chi connectivity index (χ1v) is 8.81. The number of hydrazone groups is 1. The fourth-order valence-corrected chi connectivity index (χ4v) is 2.83. The van der Waals surface area contributed by atoms with Crippen molar-refractivity contribution in [1.82, 2.24) is 0 Å². The van der Waals surface area contributed by atoms with Crippen molar-refractivity contribution in [3.63, 3.8) is 0 Å². The summed E-state index contributed by atoms with van der Waals surface area (Å²) < 4.78 is 5.86. The molecule has 0 saturated carbocycles. The summed E-state index contributed by atoms with van der Waals surface area (Å²) in [7, 11) is 0. The van der Waals surface area contributed by atoms with Crippen LogP contribution in [-0.4, -0.2) is 17.7 Å². The fraction of sp³-hybridized carbons (Fsp3) is 0.273. The highest BCUT2D eigenvalue weighted by Crippen LogP contribution is 2.29. The number of aryl methyl sites for hydroxylation is 2. The van der Waals surface area contributed by atoms with E-state index in [9.17, 15) is 4.79 Å². The molecule has 2 aromatic carbocycles. The first kappa shape index (κ1) is 17.9. The number of hydrogen-bond acceptors (Lipinski definition) is 3. The van der Waals surface area contributed by atoms with E-state index in [1.807, 2.05) is 76.2 Å². The first-order valence-electron chi connectivity index (χ1n) is 8.81. The Kier molecular flexibility index (Phi) is 4.94. The Hall–Kier alpha value is -2.88. The van der Waals surface area contributed by atoms with Crippen molar-refractivity contribution in [3.05, 3.63) is 64.7 Å². The lowest BCUT2D eigenvalue weighted by Gasteiger charge is -2.14. The molecule has 0 fully saturated rings. The molecule has 1 aliphatic heterocycles. The van der Waals surface area contributed by atoms with E-state index in [0.717, 1.165) is 22.6 Å². The molecule has 0 spiro atoms. The molecule has 3 rings (SSSR count). The molecule has 0 aromatic heterocycles. The van der Waals surface area contributed by atoms with Gasteiger partial charge in [0, 0.05) is 5.56 Å².